The van der Waals surface area contributed by atoms with Crippen LogP contribution in [-0.2, 0) is 0 Å². The largest absolute Gasteiger partial charge is 0.364 e. The van der Waals surface area contributed by atoms with Crippen LogP contribution in [0.2, 0.25) is 5.02 Å². The molecule has 3 heterocycles. The van der Waals surface area contributed by atoms with Gasteiger partial charge in [-0.15, -0.1) is 0 Å². The molecule has 0 N–H and O–H groups in total. The number of anilines is 1. The van der Waals surface area contributed by atoms with Crippen LogP contribution in [0, 0.1) is 0 Å². The lowest BCUT2D eigenvalue weighted by atomic mass is 10.1. The average molecular weight is 301 g/mol. The van der Waals surface area contributed by atoms with E-state index < -0.39 is 0 Å². The molecular formula is C15H13ClN4O. The van der Waals surface area contributed by atoms with Gasteiger partial charge in [0.1, 0.15) is 17.8 Å². The van der Waals surface area contributed by atoms with Crippen molar-refractivity contribution in [2.75, 3.05) is 11.4 Å². The maximum absolute atomic E-state index is 5.98. The number of nitrogens with zero attached hydrogens (tertiary/aromatic N) is 4. The molecule has 0 aliphatic carbocycles. The molecule has 1 fully saturated rings. The molecule has 1 atom stereocenters. The quantitative estimate of drug-likeness (QED) is 0.723. The van der Waals surface area contributed by atoms with Crippen molar-refractivity contribution in [2.24, 2.45) is 0 Å². The van der Waals surface area contributed by atoms with E-state index in [2.05, 4.69) is 15.0 Å². The van der Waals surface area contributed by atoms with Gasteiger partial charge in [0.2, 0.25) is 0 Å². The summed E-state index contributed by atoms with van der Waals surface area (Å²) in [7, 11) is 0. The van der Waals surface area contributed by atoms with Crippen molar-refractivity contribution in [1.29, 1.82) is 0 Å². The van der Waals surface area contributed by atoms with Gasteiger partial charge < -0.3 is 9.42 Å². The summed E-state index contributed by atoms with van der Waals surface area (Å²) in [6, 6.07) is 7.68. The fraction of sp³-hybridized carbons (Fsp3) is 0.267. The molecule has 6 heteroatoms. The van der Waals surface area contributed by atoms with E-state index in [1.165, 1.54) is 0 Å². The lowest BCUT2D eigenvalue weighted by Crippen LogP contribution is -2.23. The number of aromatic nitrogens is 3. The molecule has 3 aromatic rings. The monoisotopic (exact) mass is 300 g/mol. The van der Waals surface area contributed by atoms with Crippen molar-refractivity contribution in [3.05, 3.63) is 47.4 Å². The standard InChI is InChI=1S/C15H13ClN4O/c16-10-3-4-11-13(8-10)17-9-15(18-11)20-6-1-2-14(20)12-5-7-21-19-12/h3-5,7-9,14H,1-2,6H2/t14-/m1/s1. The van der Waals surface area contributed by atoms with E-state index in [0.717, 1.165) is 41.9 Å². The number of hydrogen-bond donors (Lipinski definition) is 0. The van der Waals surface area contributed by atoms with Crippen LogP contribution < -0.4 is 4.90 Å². The summed E-state index contributed by atoms with van der Waals surface area (Å²) in [5.41, 5.74) is 2.61. The van der Waals surface area contributed by atoms with Crippen LogP contribution in [0.1, 0.15) is 24.6 Å². The normalized spacial score (nSPS) is 18.5. The number of benzene rings is 1. The third-order valence-electron chi connectivity index (χ3n) is 3.84. The summed E-state index contributed by atoms with van der Waals surface area (Å²) in [5, 5.41) is 4.74. The summed E-state index contributed by atoms with van der Waals surface area (Å²) >= 11 is 5.98. The van der Waals surface area contributed by atoms with Gasteiger partial charge in [-0.1, -0.05) is 16.8 Å². The average Bonchev–Trinajstić information content (AvgIpc) is 3.17. The number of hydrogen-bond acceptors (Lipinski definition) is 5. The van der Waals surface area contributed by atoms with Crippen molar-refractivity contribution in [2.45, 2.75) is 18.9 Å². The molecule has 1 aliphatic rings. The van der Waals surface area contributed by atoms with Gasteiger partial charge in [-0.2, -0.15) is 0 Å². The van der Waals surface area contributed by atoms with E-state index in [0.29, 0.717) is 5.02 Å². The van der Waals surface area contributed by atoms with Crippen molar-refractivity contribution >= 4 is 28.5 Å². The van der Waals surface area contributed by atoms with E-state index >= 15 is 0 Å². The molecule has 1 aromatic carbocycles. The Balaban J connectivity index is 1.73. The summed E-state index contributed by atoms with van der Waals surface area (Å²) in [5.74, 6) is 0.871. The molecular weight excluding hydrogens is 288 g/mol. The highest BCUT2D eigenvalue weighted by molar-refractivity contribution is 6.31. The summed E-state index contributed by atoms with van der Waals surface area (Å²) in [6.07, 6.45) is 5.57. The first-order chi connectivity index (χ1) is 10.3. The highest BCUT2D eigenvalue weighted by Gasteiger charge is 2.29. The Hall–Kier alpha value is -2.14. The first kappa shape index (κ1) is 12.6. The molecule has 1 aliphatic heterocycles. The smallest absolute Gasteiger partial charge is 0.148 e. The summed E-state index contributed by atoms with van der Waals surface area (Å²) in [6.45, 7) is 0.950. The summed E-state index contributed by atoms with van der Waals surface area (Å²) in [4.78, 5) is 11.4. The topological polar surface area (TPSA) is 55.1 Å². The SMILES string of the molecule is Clc1ccc2nc(N3CCC[C@@H]3c3ccon3)cnc2c1. The van der Waals surface area contributed by atoms with Crippen LogP contribution in [0.3, 0.4) is 0 Å². The van der Waals surface area contributed by atoms with Crippen LogP contribution in [0.15, 0.2) is 41.2 Å². The van der Waals surface area contributed by atoms with Gasteiger partial charge in [0, 0.05) is 17.6 Å². The molecule has 0 saturated carbocycles. The lowest BCUT2D eigenvalue weighted by Gasteiger charge is -2.23. The molecule has 0 radical (unpaired) electrons. The zero-order chi connectivity index (χ0) is 14.2. The predicted molar refractivity (Wildman–Crippen MR) is 80.4 cm³/mol. The van der Waals surface area contributed by atoms with E-state index in [4.69, 9.17) is 21.1 Å². The fourth-order valence-electron chi connectivity index (χ4n) is 2.85. The van der Waals surface area contributed by atoms with E-state index in [1.807, 2.05) is 24.3 Å². The van der Waals surface area contributed by atoms with Crippen molar-refractivity contribution in [3.63, 3.8) is 0 Å². The Morgan fingerprint density at radius 2 is 2.19 bits per heavy atom. The molecule has 2 aromatic heterocycles. The molecule has 0 spiro atoms. The first-order valence-corrected chi connectivity index (χ1v) is 7.28. The minimum absolute atomic E-state index is 0.211. The highest BCUT2D eigenvalue weighted by atomic mass is 35.5. The fourth-order valence-corrected chi connectivity index (χ4v) is 3.02. The Kier molecular flexibility index (Phi) is 3.00. The third kappa shape index (κ3) is 2.23. The third-order valence-corrected chi connectivity index (χ3v) is 4.07. The van der Waals surface area contributed by atoms with Gasteiger partial charge >= 0.3 is 0 Å². The minimum Gasteiger partial charge on any atom is -0.364 e. The van der Waals surface area contributed by atoms with E-state index in [9.17, 15) is 0 Å². The Labute approximate surface area is 126 Å². The van der Waals surface area contributed by atoms with Gasteiger partial charge in [-0.3, -0.25) is 4.98 Å². The zero-order valence-corrected chi connectivity index (χ0v) is 12.0. The zero-order valence-electron chi connectivity index (χ0n) is 11.2. The van der Waals surface area contributed by atoms with Gasteiger partial charge in [0.15, 0.2) is 0 Å². The number of halogens is 1. The molecule has 106 valence electrons. The Bertz CT molecular complexity index is 774. The van der Waals surface area contributed by atoms with Crippen LogP contribution in [0.25, 0.3) is 11.0 Å². The van der Waals surface area contributed by atoms with Crippen molar-refractivity contribution in [1.82, 2.24) is 15.1 Å². The molecule has 0 bridgehead atoms. The Morgan fingerprint density at radius 1 is 1.24 bits per heavy atom. The molecule has 0 amide bonds. The van der Waals surface area contributed by atoms with E-state index in [1.54, 1.807) is 12.5 Å². The lowest BCUT2D eigenvalue weighted by molar-refractivity contribution is 0.405. The van der Waals surface area contributed by atoms with Gasteiger partial charge in [0.25, 0.3) is 0 Å². The van der Waals surface area contributed by atoms with Gasteiger partial charge in [-0.25, -0.2) is 4.98 Å². The minimum atomic E-state index is 0.211. The van der Waals surface area contributed by atoms with Crippen molar-refractivity contribution < 1.29 is 4.52 Å². The maximum Gasteiger partial charge on any atom is 0.148 e. The maximum atomic E-state index is 5.98. The predicted octanol–water partition coefficient (Wildman–Crippen LogP) is 3.61. The van der Waals surface area contributed by atoms with Crippen LogP contribution in [-0.4, -0.2) is 21.7 Å². The molecule has 21 heavy (non-hydrogen) atoms. The van der Waals surface area contributed by atoms with Crippen LogP contribution in [0.4, 0.5) is 5.82 Å². The van der Waals surface area contributed by atoms with Gasteiger partial charge in [0.05, 0.1) is 23.3 Å². The molecule has 0 unspecified atom stereocenters. The molecule has 5 nitrogen and oxygen atoms in total. The first-order valence-electron chi connectivity index (χ1n) is 6.90. The second-order valence-corrected chi connectivity index (χ2v) is 5.57. The second kappa shape index (κ2) is 5.00. The summed E-state index contributed by atoms with van der Waals surface area (Å²) < 4.78 is 4.97. The van der Waals surface area contributed by atoms with Gasteiger partial charge in [-0.05, 0) is 31.0 Å². The molecule has 1 saturated heterocycles. The van der Waals surface area contributed by atoms with Crippen molar-refractivity contribution in [3.8, 4) is 0 Å². The number of rotatable bonds is 2. The second-order valence-electron chi connectivity index (χ2n) is 5.14. The highest BCUT2D eigenvalue weighted by Crippen LogP contribution is 2.34. The van der Waals surface area contributed by atoms with Crippen LogP contribution >= 0.6 is 11.6 Å². The Morgan fingerprint density at radius 3 is 3.05 bits per heavy atom. The molecule has 4 rings (SSSR count). The number of fused-ring (bicyclic) bond motifs is 1. The van der Waals surface area contributed by atoms with E-state index in [-0.39, 0.29) is 6.04 Å². The van der Waals surface area contributed by atoms with Crippen LogP contribution in [0.5, 0.6) is 0 Å².